The molecule has 7 heteroatoms. The SMILES string of the molecule is Clc1ccc(Sc2snnc2-c2ccc(Cl)cc2Cl)cc1. The molecule has 0 radical (unpaired) electrons. The van der Waals surface area contributed by atoms with Crippen molar-refractivity contribution in [2.24, 2.45) is 0 Å². The highest BCUT2D eigenvalue weighted by Crippen LogP contribution is 2.40. The zero-order valence-corrected chi connectivity index (χ0v) is 14.3. The molecule has 1 aromatic heterocycles. The van der Waals surface area contributed by atoms with Crippen molar-refractivity contribution in [3.05, 3.63) is 57.5 Å². The molecule has 0 fully saturated rings. The zero-order chi connectivity index (χ0) is 14.8. The van der Waals surface area contributed by atoms with Crippen LogP contribution in [-0.4, -0.2) is 9.59 Å². The van der Waals surface area contributed by atoms with Gasteiger partial charge in [0.05, 0.1) is 5.02 Å². The molecular formula is C14H7Cl3N2S2. The van der Waals surface area contributed by atoms with Gasteiger partial charge < -0.3 is 0 Å². The van der Waals surface area contributed by atoms with Gasteiger partial charge in [0.1, 0.15) is 9.90 Å². The minimum Gasteiger partial charge on any atom is -0.137 e. The van der Waals surface area contributed by atoms with Crippen LogP contribution in [0.3, 0.4) is 0 Å². The van der Waals surface area contributed by atoms with E-state index in [1.165, 1.54) is 11.5 Å². The molecule has 0 aliphatic carbocycles. The van der Waals surface area contributed by atoms with Crippen LogP contribution in [0.15, 0.2) is 51.6 Å². The predicted octanol–water partition coefficient (Wildman–Crippen LogP) is 6.32. The van der Waals surface area contributed by atoms with E-state index >= 15 is 0 Å². The highest BCUT2D eigenvalue weighted by molar-refractivity contribution is 8.01. The summed E-state index contributed by atoms with van der Waals surface area (Å²) in [4.78, 5) is 1.07. The number of hydrogen-bond acceptors (Lipinski definition) is 4. The monoisotopic (exact) mass is 372 g/mol. The maximum absolute atomic E-state index is 6.24. The van der Waals surface area contributed by atoms with Crippen LogP contribution in [0, 0.1) is 0 Å². The Morgan fingerprint density at radius 3 is 2.33 bits per heavy atom. The minimum absolute atomic E-state index is 0.563. The van der Waals surface area contributed by atoms with E-state index in [-0.39, 0.29) is 0 Å². The quantitative estimate of drug-likeness (QED) is 0.537. The average Bonchev–Trinajstić information content (AvgIpc) is 2.89. The Bertz CT molecular complexity index is 772. The Balaban J connectivity index is 1.95. The average molecular weight is 374 g/mol. The summed E-state index contributed by atoms with van der Waals surface area (Å²) in [7, 11) is 0. The van der Waals surface area contributed by atoms with Gasteiger partial charge in [-0.05, 0) is 54.0 Å². The lowest BCUT2D eigenvalue weighted by Crippen LogP contribution is -1.83. The molecule has 0 aliphatic heterocycles. The lowest BCUT2D eigenvalue weighted by atomic mass is 10.2. The molecule has 2 aromatic carbocycles. The normalized spacial score (nSPS) is 10.8. The van der Waals surface area contributed by atoms with Crippen LogP contribution in [0.1, 0.15) is 0 Å². The Hall–Kier alpha value is -0.780. The van der Waals surface area contributed by atoms with Crippen LogP contribution in [0.4, 0.5) is 0 Å². The first-order valence-corrected chi connectivity index (χ1v) is 8.57. The molecule has 3 rings (SSSR count). The molecule has 0 saturated heterocycles. The zero-order valence-electron chi connectivity index (χ0n) is 10.4. The second-order valence-electron chi connectivity index (χ2n) is 4.09. The first-order valence-electron chi connectivity index (χ1n) is 5.84. The summed E-state index contributed by atoms with van der Waals surface area (Å²) < 4.78 is 5.00. The molecule has 0 bridgehead atoms. The molecule has 106 valence electrons. The van der Waals surface area contributed by atoms with Crippen LogP contribution in [0.2, 0.25) is 15.1 Å². The van der Waals surface area contributed by atoms with Gasteiger partial charge in [0.25, 0.3) is 0 Å². The van der Waals surface area contributed by atoms with Gasteiger partial charge in [-0.2, -0.15) is 0 Å². The third-order valence-corrected chi connectivity index (χ3v) is 5.35. The molecule has 0 amide bonds. The van der Waals surface area contributed by atoms with E-state index in [0.29, 0.717) is 15.1 Å². The van der Waals surface area contributed by atoms with Gasteiger partial charge in [0, 0.05) is 20.5 Å². The smallest absolute Gasteiger partial charge is 0.121 e. The van der Waals surface area contributed by atoms with Crippen LogP contribution >= 0.6 is 58.1 Å². The van der Waals surface area contributed by atoms with Gasteiger partial charge in [0.15, 0.2) is 0 Å². The summed E-state index contributed by atoms with van der Waals surface area (Å²) >= 11 is 21.0. The molecule has 0 saturated carbocycles. The fourth-order valence-electron chi connectivity index (χ4n) is 1.70. The van der Waals surface area contributed by atoms with Crippen molar-refractivity contribution in [2.45, 2.75) is 9.10 Å². The molecule has 0 atom stereocenters. The molecule has 0 spiro atoms. The van der Waals surface area contributed by atoms with Crippen LogP contribution in [-0.2, 0) is 0 Å². The van der Waals surface area contributed by atoms with Gasteiger partial charge in [-0.1, -0.05) is 51.1 Å². The standard InChI is InChI=1S/C14H7Cl3N2S2/c15-8-1-4-10(5-2-8)20-14-13(18-19-21-14)11-6-3-9(16)7-12(11)17/h1-7H. The van der Waals surface area contributed by atoms with E-state index < -0.39 is 0 Å². The fraction of sp³-hybridized carbons (Fsp3) is 0. The van der Waals surface area contributed by atoms with Crippen molar-refractivity contribution in [1.29, 1.82) is 0 Å². The third-order valence-electron chi connectivity index (χ3n) is 2.67. The van der Waals surface area contributed by atoms with Crippen LogP contribution in [0.25, 0.3) is 11.3 Å². The Morgan fingerprint density at radius 2 is 1.62 bits per heavy atom. The van der Waals surface area contributed by atoms with Crippen molar-refractivity contribution >= 4 is 58.1 Å². The molecule has 21 heavy (non-hydrogen) atoms. The summed E-state index contributed by atoms with van der Waals surface area (Å²) in [6.45, 7) is 0. The van der Waals surface area contributed by atoms with Crippen LogP contribution in [0.5, 0.6) is 0 Å². The van der Waals surface area contributed by atoms with Crippen molar-refractivity contribution in [2.75, 3.05) is 0 Å². The number of nitrogens with zero attached hydrogens (tertiary/aromatic N) is 2. The summed E-state index contributed by atoms with van der Waals surface area (Å²) in [6, 6.07) is 13.0. The number of hydrogen-bond donors (Lipinski definition) is 0. The first-order chi connectivity index (χ1) is 10.1. The summed E-state index contributed by atoms with van der Waals surface area (Å²) in [6.07, 6.45) is 0. The highest BCUT2D eigenvalue weighted by Gasteiger charge is 2.15. The molecule has 3 aromatic rings. The number of halogens is 3. The van der Waals surface area contributed by atoms with E-state index in [1.807, 2.05) is 30.3 Å². The molecular weight excluding hydrogens is 367 g/mol. The minimum atomic E-state index is 0.563. The van der Waals surface area contributed by atoms with Gasteiger partial charge in [-0.3, -0.25) is 0 Å². The fourth-order valence-corrected chi connectivity index (χ4v) is 4.03. The van der Waals surface area contributed by atoms with Gasteiger partial charge in [-0.25, -0.2) is 0 Å². The second-order valence-corrected chi connectivity index (χ2v) is 7.47. The van der Waals surface area contributed by atoms with E-state index in [0.717, 1.165) is 20.4 Å². The Labute approximate surface area is 145 Å². The molecule has 0 aliphatic rings. The second kappa shape index (κ2) is 6.55. The lowest BCUT2D eigenvalue weighted by Gasteiger charge is -2.04. The maximum atomic E-state index is 6.24. The number of aromatic nitrogens is 2. The van der Waals surface area contributed by atoms with E-state index in [2.05, 4.69) is 9.59 Å². The third kappa shape index (κ3) is 3.52. The Kier molecular flexibility index (Phi) is 4.72. The van der Waals surface area contributed by atoms with E-state index in [1.54, 1.807) is 23.9 Å². The number of rotatable bonds is 3. The van der Waals surface area contributed by atoms with Crippen LogP contribution < -0.4 is 0 Å². The van der Waals surface area contributed by atoms with E-state index in [4.69, 9.17) is 34.8 Å². The van der Waals surface area contributed by atoms with Crippen molar-refractivity contribution < 1.29 is 0 Å². The first kappa shape index (κ1) is 15.1. The van der Waals surface area contributed by atoms with Crippen molar-refractivity contribution in [1.82, 2.24) is 9.59 Å². The maximum Gasteiger partial charge on any atom is 0.121 e. The molecule has 1 heterocycles. The molecule has 0 N–H and O–H groups in total. The predicted molar refractivity (Wildman–Crippen MR) is 90.9 cm³/mol. The van der Waals surface area contributed by atoms with Crippen molar-refractivity contribution in [3.8, 4) is 11.3 Å². The van der Waals surface area contributed by atoms with Gasteiger partial charge in [-0.15, -0.1) is 5.10 Å². The summed E-state index contributed by atoms with van der Waals surface area (Å²) in [5.41, 5.74) is 1.59. The molecule has 0 unspecified atom stereocenters. The summed E-state index contributed by atoms with van der Waals surface area (Å²) in [5.74, 6) is 0. The summed E-state index contributed by atoms with van der Waals surface area (Å²) in [5, 5.41) is 6.05. The largest absolute Gasteiger partial charge is 0.137 e. The topological polar surface area (TPSA) is 25.8 Å². The number of benzene rings is 2. The van der Waals surface area contributed by atoms with E-state index in [9.17, 15) is 0 Å². The molecule has 2 nitrogen and oxygen atoms in total. The highest BCUT2D eigenvalue weighted by atomic mass is 35.5. The van der Waals surface area contributed by atoms with Gasteiger partial charge in [0.2, 0.25) is 0 Å². The lowest BCUT2D eigenvalue weighted by molar-refractivity contribution is 1.15. The Morgan fingerprint density at radius 1 is 0.905 bits per heavy atom. The van der Waals surface area contributed by atoms with Gasteiger partial charge >= 0.3 is 0 Å². The van der Waals surface area contributed by atoms with Crippen molar-refractivity contribution in [3.63, 3.8) is 0 Å².